The highest BCUT2D eigenvalue weighted by molar-refractivity contribution is 5.33. The number of hydrogen-bond donors (Lipinski definition) is 2. The van der Waals surface area contributed by atoms with E-state index in [-0.39, 0.29) is 5.56 Å². The molecule has 1 aromatic heterocycles. The molecular weight excluding hydrogens is 286 g/mol. The molecule has 0 saturated carbocycles. The van der Waals surface area contributed by atoms with Crippen molar-refractivity contribution in [1.29, 1.82) is 0 Å². The third-order valence-electron chi connectivity index (χ3n) is 3.75. The van der Waals surface area contributed by atoms with Crippen LogP contribution in [0.2, 0.25) is 0 Å². The van der Waals surface area contributed by atoms with Crippen molar-refractivity contribution >= 4 is 5.95 Å². The Morgan fingerprint density at radius 1 is 0.957 bits per heavy atom. The van der Waals surface area contributed by atoms with Crippen LogP contribution in [0.1, 0.15) is 22.4 Å². The molecule has 0 spiro atoms. The molecule has 2 N–H and O–H groups in total. The molecule has 0 unspecified atom stereocenters. The molecule has 2 aromatic carbocycles. The second-order valence-corrected chi connectivity index (χ2v) is 5.48. The van der Waals surface area contributed by atoms with Crippen molar-refractivity contribution in [2.75, 3.05) is 5.32 Å². The first-order chi connectivity index (χ1) is 11.2. The quantitative estimate of drug-likeness (QED) is 0.760. The van der Waals surface area contributed by atoms with E-state index in [0.717, 1.165) is 16.8 Å². The maximum atomic E-state index is 12.3. The largest absolute Gasteiger partial charge is 0.352 e. The molecule has 0 aliphatic rings. The Bertz CT molecular complexity index is 826. The highest BCUT2D eigenvalue weighted by Crippen LogP contribution is 2.10. The second kappa shape index (κ2) is 6.92. The Labute approximate surface area is 135 Å². The molecule has 4 heteroatoms. The topological polar surface area (TPSA) is 57.8 Å². The highest BCUT2D eigenvalue weighted by Gasteiger charge is 2.09. The zero-order chi connectivity index (χ0) is 16.1. The molecule has 116 valence electrons. The van der Waals surface area contributed by atoms with Gasteiger partial charge in [0.1, 0.15) is 0 Å². The molecule has 1 heterocycles. The molecule has 0 aliphatic carbocycles. The Balaban J connectivity index is 1.76. The van der Waals surface area contributed by atoms with E-state index >= 15 is 0 Å². The Hall–Kier alpha value is -2.88. The third kappa shape index (κ3) is 3.86. The van der Waals surface area contributed by atoms with E-state index in [1.165, 1.54) is 0 Å². The van der Waals surface area contributed by atoms with Crippen LogP contribution in [0.3, 0.4) is 0 Å². The van der Waals surface area contributed by atoms with Crippen molar-refractivity contribution in [2.24, 2.45) is 0 Å². The van der Waals surface area contributed by atoms with E-state index in [4.69, 9.17) is 0 Å². The number of nitrogens with one attached hydrogen (secondary N) is 2. The molecule has 3 rings (SSSR count). The summed E-state index contributed by atoms with van der Waals surface area (Å²) in [6.45, 7) is 2.50. The van der Waals surface area contributed by atoms with Crippen LogP contribution < -0.4 is 10.9 Å². The van der Waals surface area contributed by atoms with Gasteiger partial charge in [-0.1, -0.05) is 60.7 Å². The summed E-state index contributed by atoms with van der Waals surface area (Å²) in [6.07, 6.45) is 0.591. The van der Waals surface area contributed by atoms with Gasteiger partial charge >= 0.3 is 0 Å². The van der Waals surface area contributed by atoms with Gasteiger partial charge in [-0.3, -0.25) is 9.78 Å². The highest BCUT2D eigenvalue weighted by atomic mass is 16.1. The van der Waals surface area contributed by atoms with Gasteiger partial charge in [-0.2, -0.15) is 0 Å². The van der Waals surface area contributed by atoms with Gasteiger partial charge in [-0.15, -0.1) is 0 Å². The lowest BCUT2D eigenvalue weighted by Gasteiger charge is -2.09. The maximum Gasteiger partial charge on any atom is 0.256 e. The van der Waals surface area contributed by atoms with Crippen molar-refractivity contribution in [2.45, 2.75) is 19.9 Å². The molecule has 0 atom stereocenters. The zero-order valence-corrected chi connectivity index (χ0v) is 13.0. The van der Waals surface area contributed by atoms with E-state index in [2.05, 4.69) is 15.3 Å². The first-order valence-electron chi connectivity index (χ1n) is 7.64. The first-order valence-corrected chi connectivity index (χ1v) is 7.64. The predicted molar refractivity (Wildman–Crippen MR) is 92.6 cm³/mol. The summed E-state index contributed by atoms with van der Waals surface area (Å²) in [4.78, 5) is 19.6. The normalized spacial score (nSPS) is 10.5. The summed E-state index contributed by atoms with van der Waals surface area (Å²) in [7, 11) is 0. The molecule has 0 radical (unpaired) electrons. The summed E-state index contributed by atoms with van der Waals surface area (Å²) in [5, 5.41) is 3.17. The number of aromatic nitrogens is 2. The fraction of sp³-hybridized carbons (Fsp3) is 0.158. The first kappa shape index (κ1) is 15.0. The number of aromatic amines is 1. The van der Waals surface area contributed by atoms with Gasteiger partial charge in [-0.25, -0.2) is 4.98 Å². The summed E-state index contributed by atoms with van der Waals surface area (Å²) >= 11 is 0. The van der Waals surface area contributed by atoms with Crippen molar-refractivity contribution in [1.82, 2.24) is 9.97 Å². The minimum Gasteiger partial charge on any atom is -0.352 e. The van der Waals surface area contributed by atoms with Gasteiger partial charge in [0.2, 0.25) is 5.95 Å². The number of H-pyrrole nitrogens is 1. The SMILES string of the molecule is Cc1nc(NCc2ccccc2)[nH]c(=O)c1Cc1ccccc1. The van der Waals surface area contributed by atoms with E-state index in [9.17, 15) is 4.79 Å². The Morgan fingerprint density at radius 2 is 1.57 bits per heavy atom. The number of anilines is 1. The molecule has 4 nitrogen and oxygen atoms in total. The maximum absolute atomic E-state index is 12.3. The molecule has 0 fully saturated rings. The standard InChI is InChI=1S/C19H19N3O/c1-14-17(12-15-8-4-2-5-9-15)18(23)22-19(21-14)20-13-16-10-6-3-7-11-16/h2-11H,12-13H2,1H3,(H2,20,21,22,23). The summed E-state index contributed by atoms with van der Waals surface area (Å²) < 4.78 is 0. The van der Waals surface area contributed by atoms with Gasteiger partial charge in [0.15, 0.2) is 0 Å². The van der Waals surface area contributed by atoms with Crippen molar-refractivity contribution < 1.29 is 0 Å². The van der Waals surface area contributed by atoms with Crippen molar-refractivity contribution in [3.63, 3.8) is 0 Å². The fourth-order valence-electron chi connectivity index (χ4n) is 2.48. The molecule has 0 amide bonds. The average Bonchev–Trinajstić information content (AvgIpc) is 2.58. The van der Waals surface area contributed by atoms with Crippen LogP contribution in [0, 0.1) is 6.92 Å². The molecule has 23 heavy (non-hydrogen) atoms. The minimum absolute atomic E-state index is 0.0862. The summed E-state index contributed by atoms with van der Waals surface area (Å²) in [5.74, 6) is 0.508. The van der Waals surface area contributed by atoms with E-state index in [0.29, 0.717) is 24.5 Å². The average molecular weight is 305 g/mol. The van der Waals surface area contributed by atoms with Gasteiger partial charge in [0, 0.05) is 18.5 Å². The molecule has 0 aliphatic heterocycles. The van der Waals surface area contributed by atoms with Crippen LogP contribution in [0.5, 0.6) is 0 Å². The number of nitrogens with zero attached hydrogens (tertiary/aromatic N) is 1. The number of rotatable bonds is 5. The lowest BCUT2D eigenvalue weighted by atomic mass is 10.1. The van der Waals surface area contributed by atoms with Gasteiger partial charge in [0.25, 0.3) is 5.56 Å². The molecular formula is C19H19N3O. The van der Waals surface area contributed by atoms with Crippen LogP contribution in [-0.2, 0) is 13.0 Å². The van der Waals surface area contributed by atoms with Gasteiger partial charge < -0.3 is 5.32 Å². The summed E-state index contributed by atoms with van der Waals surface area (Å²) in [6, 6.07) is 20.0. The number of aryl methyl sites for hydroxylation is 1. The fourth-order valence-corrected chi connectivity index (χ4v) is 2.48. The second-order valence-electron chi connectivity index (χ2n) is 5.48. The van der Waals surface area contributed by atoms with Crippen molar-refractivity contribution in [3.8, 4) is 0 Å². The van der Waals surface area contributed by atoms with E-state index in [1.807, 2.05) is 67.6 Å². The smallest absolute Gasteiger partial charge is 0.256 e. The van der Waals surface area contributed by atoms with Crippen molar-refractivity contribution in [3.05, 3.63) is 93.4 Å². The van der Waals surface area contributed by atoms with Crippen LogP contribution in [0.15, 0.2) is 65.5 Å². The Morgan fingerprint density at radius 3 is 2.17 bits per heavy atom. The monoisotopic (exact) mass is 305 g/mol. The van der Waals surface area contributed by atoms with Gasteiger partial charge in [0.05, 0.1) is 5.69 Å². The van der Waals surface area contributed by atoms with Crippen LogP contribution in [0.4, 0.5) is 5.95 Å². The lowest BCUT2D eigenvalue weighted by Crippen LogP contribution is -2.19. The third-order valence-corrected chi connectivity index (χ3v) is 3.75. The Kier molecular flexibility index (Phi) is 4.52. The zero-order valence-electron chi connectivity index (χ0n) is 13.0. The minimum atomic E-state index is -0.0862. The molecule has 0 bridgehead atoms. The van der Waals surface area contributed by atoms with E-state index in [1.54, 1.807) is 0 Å². The lowest BCUT2D eigenvalue weighted by molar-refractivity contribution is 0.958. The van der Waals surface area contributed by atoms with Crippen LogP contribution in [-0.4, -0.2) is 9.97 Å². The molecule has 3 aromatic rings. The predicted octanol–water partition coefficient (Wildman–Crippen LogP) is 3.28. The number of hydrogen-bond acceptors (Lipinski definition) is 3. The summed E-state index contributed by atoms with van der Waals surface area (Å²) in [5.41, 5.74) is 3.63. The van der Waals surface area contributed by atoms with Gasteiger partial charge in [-0.05, 0) is 18.1 Å². The van der Waals surface area contributed by atoms with Crippen LogP contribution >= 0.6 is 0 Å². The van der Waals surface area contributed by atoms with E-state index < -0.39 is 0 Å². The molecule has 0 saturated heterocycles. The number of benzene rings is 2. The van der Waals surface area contributed by atoms with Crippen LogP contribution in [0.25, 0.3) is 0 Å².